The molecule has 1 atom stereocenters. The van der Waals surface area contributed by atoms with E-state index >= 15 is 0 Å². The van der Waals surface area contributed by atoms with Crippen molar-refractivity contribution < 1.29 is 9.53 Å². The lowest BCUT2D eigenvalue weighted by atomic mass is 10.1. The third-order valence-electron chi connectivity index (χ3n) is 4.41. The zero-order chi connectivity index (χ0) is 17.5. The minimum Gasteiger partial charge on any atom is -0.374 e. The van der Waals surface area contributed by atoms with Gasteiger partial charge in [-0.2, -0.15) is 0 Å². The highest BCUT2D eigenvalue weighted by Crippen LogP contribution is 2.08. The number of likely N-dealkylation sites (N-methyl/N-ethyl adjacent to an activating group) is 1. The van der Waals surface area contributed by atoms with E-state index in [0.717, 1.165) is 30.8 Å². The Balaban J connectivity index is 1.73. The number of hydrogen-bond donors (Lipinski definition) is 1. The molecule has 1 fully saturated rings. The van der Waals surface area contributed by atoms with Gasteiger partial charge in [-0.3, -0.25) is 9.69 Å². The first-order valence-electron chi connectivity index (χ1n) is 8.82. The molecule has 134 valence electrons. The summed E-state index contributed by atoms with van der Waals surface area (Å²) < 4.78 is 5.59. The molecule has 0 aliphatic carbocycles. The number of piperazine rings is 1. The van der Waals surface area contributed by atoms with Crippen LogP contribution in [-0.4, -0.2) is 61.1 Å². The predicted molar refractivity (Wildman–Crippen MR) is 96.7 cm³/mol. The molecule has 1 aromatic rings. The molecule has 1 aliphatic rings. The number of nitrogens with one attached hydrogen (secondary N) is 1. The Bertz CT molecular complexity index is 516. The Morgan fingerprint density at radius 2 is 1.92 bits per heavy atom. The van der Waals surface area contributed by atoms with Crippen molar-refractivity contribution in [1.29, 1.82) is 0 Å². The molecule has 5 heteroatoms. The molecule has 0 bridgehead atoms. The molecule has 0 saturated carbocycles. The average Bonchev–Trinajstić information content (AvgIpc) is 2.54. The Morgan fingerprint density at radius 3 is 2.54 bits per heavy atom. The number of amides is 1. The normalized spacial score (nSPS) is 19.6. The summed E-state index contributed by atoms with van der Waals surface area (Å²) in [5.41, 5.74) is 2.27. The van der Waals surface area contributed by atoms with Gasteiger partial charge in [0.1, 0.15) is 0 Å². The van der Waals surface area contributed by atoms with Crippen molar-refractivity contribution in [1.82, 2.24) is 15.1 Å². The number of nitrogens with zero attached hydrogens (tertiary/aromatic N) is 2. The maximum atomic E-state index is 12.2. The fourth-order valence-corrected chi connectivity index (χ4v) is 2.87. The van der Waals surface area contributed by atoms with Crippen LogP contribution in [0.15, 0.2) is 24.3 Å². The van der Waals surface area contributed by atoms with E-state index < -0.39 is 0 Å². The minimum atomic E-state index is 0.0959. The molecule has 1 aromatic carbocycles. The van der Waals surface area contributed by atoms with Crippen LogP contribution in [0.25, 0.3) is 0 Å². The van der Waals surface area contributed by atoms with E-state index in [0.29, 0.717) is 25.7 Å². The predicted octanol–water partition coefficient (Wildman–Crippen LogP) is 1.86. The first kappa shape index (κ1) is 18.9. The SMILES string of the molecule is CC(C)OCc1ccc(CNC(=O)CN2CCN(C)CC2C)cc1. The molecule has 1 heterocycles. The largest absolute Gasteiger partial charge is 0.374 e. The molecule has 0 spiro atoms. The Kier molecular flexibility index (Phi) is 7.21. The lowest BCUT2D eigenvalue weighted by molar-refractivity contribution is -0.123. The van der Waals surface area contributed by atoms with Crippen LogP contribution < -0.4 is 5.32 Å². The van der Waals surface area contributed by atoms with Crippen LogP contribution >= 0.6 is 0 Å². The van der Waals surface area contributed by atoms with Gasteiger partial charge in [-0.1, -0.05) is 24.3 Å². The third kappa shape index (κ3) is 6.23. The summed E-state index contributed by atoms with van der Waals surface area (Å²) in [7, 11) is 2.13. The topological polar surface area (TPSA) is 44.8 Å². The fourth-order valence-electron chi connectivity index (χ4n) is 2.87. The summed E-state index contributed by atoms with van der Waals surface area (Å²) in [6.07, 6.45) is 0.237. The Morgan fingerprint density at radius 1 is 1.25 bits per heavy atom. The molecule has 0 aromatic heterocycles. The van der Waals surface area contributed by atoms with E-state index in [-0.39, 0.29) is 12.0 Å². The zero-order valence-electron chi connectivity index (χ0n) is 15.4. The first-order valence-corrected chi connectivity index (χ1v) is 8.82. The summed E-state index contributed by atoms with van der Waals surface area (Å²) in [6, 6.07) is 8.66. The van der Waals surface area contributed by atoms with Gasteiger partial charge in [0, 0.05) is 32.2 Å². The van der Waals surface area contributed by atoms with E-state index in [1.807, 2.05) is 13.8 Å². The van der Waals surface area contributed by atoms with Crippen molar-refractivity contribution in [3.05, 3.63) is 35.4 Å². The standard InChI is InChI=1S/C19H31N3O2/c1-15(2)24-14-18-7-5-17(6-8-18)11-20-19(23)13-22-10-9-21(4)12-16(22)3/h5-8,15-16H,9-14H2,1-4H3,(H,20,23). The first-order chi connectivity index (χ1) is 11.4. The summed E-state index contributed by atoms with van der Waals surface area (Å²) in [6.45, 7) is 10.9. The monoisotopic (exact) mass is 333 g/mol. The molecule has 1 aliphatic heterocycles. The maximum absolute atomic E-state index is 12.2. The summed E-state index contributed by atoms with van der Waals surface area (Å²) in [4.78, 5) is 16.7. The summed E-state index contributed by atoms with van der Waals surface area (Å²) in [5, 5.41) is 3.02. The number of rotatable bonds is 7. The molecule has 1 saturated heterocycles. The third-order valence-corrected chi connectivity index (χ3v) is 4.41. The smallest absolute Gasteiger partial charge is 0.234 e. The van der Waals surface area contributed by atoms with Gasteiger partial charge < -0.3 is 15.0 Å². The summed E-state index contributed by atoms with van der Waals surface area (Å²) in [5.74, 6) is 0.0959. The summed E-state index contributed by atoms with van der Waals surface area (Å²) >= 11 is 0. The van der Waals surface area contributed by atoms with Crippen LogP contribution in [0.5, 0.6) is 0 Å². The van der Waals surface area contributed by atoms with Crippen LogP contribution in [0.4, 0.5) is 0 Å². The van der Waals surface area contributed by atoms with Crippen LogP contribution in [0.1, 0.15) is 31.9 Å². The van der Waals surface area contributed by atoms with Gasteiger partial charge in [0.2, 0.25) is 5.91 Å². The van der Waals surface area contributed by atoms with Crippen molar-refractivity contribution in [3.63, 3.8) is 0 Å². The highest BCUT2D eigenvalue weighted by atomic mass is 16.5. The molecule has 5 nitrogen and oxygen atoms in total. The lowest BCUT2D eigenvalue weighted by Crippen LogP contribution is -2.53. The number of carbonyl (C=O) groups excluding carboxylic acids is 1. The second-order valence-electron chi connectivity index (χ2n) is 7.03. The fraction of sp³-hybridized carbons (Fsp3) is 0.632. The van der Waals surface area contributed by atoms with Crippen LogP contribution in [0, 0.1) is 0 Å². The minimum absolute atomic E-state index is 0.0959. The van der Waals surface area contributed by atoms with Crippen molar-refractivity contribution in [2.75, 3.05) is 33.2 Å². The van der Waals surface area contributed by atoms with Crippen molar-refractivity contribution in [2.24, 2.45) is 0 Å². The van der Waals surface area contributed by atoms with E-state index in [1.165, 1.54) is 0 Å². The number of ether oxygens (including phenoxy) is 1. The quantitative estimate of drug-likeness (QED) is 0.827. The molecule has 1 amide bonds. The van der Waals surface area contributed by atoms with Gasteiger partial charge in [-0.25, -0.2) is 0 Å². The number of hydrogen-bond acceptors (Lipinski definition) is 4. The second kappa shape index (κ2) is 9.16. The van der Waals surface area contributed by atoms with Crippen LogP contribution in [-0.2, 0) is 22.7 Å². The molecular weight excluding hydrogens is 302 g/mol. The Hall–Kier alpha value is -1.43. The van der Waals surface area contributed by atoms with E-state index in [4.69, 9.17) is 4.74 Å². The number of carbonyl (C=O) groups is 1. The molecular formula is C19H31N3O2. The number of benzene rings is 1. The molecule has 1 N–H and O–H groups in total. The highest BCUT2D eigenvalue weighted by Gasteiger charge is 2.22. The van der Waals surface area contributed by atoms with Gasteiger partial charge in [0.05, 0.1) is 19.3 Å². The average molecular weight is 333 g/mol. The van der Waals surface area contributed by atoms with Gasteiger partial charge >= 0.3 is 0 Å². The molecule has 1 unspecified atom stereocenters. The second-order valence-corrected chi connectivity index (χ2v) is 7.03. The molecule has 2 rings (SSSR count). The van der Waals surface area contributed by atoms with Crippen molar-refractivity contribution >= 4 is 5.91 Å². The van der Waals surface area contributed by atoms with Gasteiger partial charge in [0.25, 0.3) is 0 Å². The van der Waals surface area contributed by atoms with Gasteiger partial charge in [-0.15, -0.1) is 0 Å². The maximum Gasteiger partial charge on any atom is 0.234 e. The van der Waals surface area contributed by atoms with Crippen LogP contribution in [0.2, 0.25) is 0 Å². The lowest BCUT2D eigenvalue weighted by Gasteiger charge is -2.37. The van der Waals surface area contributed by atoms with E-state index in [2.05, 4.69) is 53.4 Å². The van der Waals surface area contributed by atoms with Gasteiger partial charge in [-0.05, 0) is 38.9 Å². The van der Waals surface area contributed by atoms with E-state index in [1.54, 1.807) is 0 Å². The van der Waals surface area contributed by atoms with E-state index in [9.17, 15) is 4.79 Å². The zero-order valence-corrected chi connectivity index (χ0v) is 15.4. The molecule has 0 radical (unpaired) electrons. The van der Waals surface area contributed by atoms with Crippen LogP contribution in [0.3, 0.4) is 0 Å². The van der Waals surface area contributed by atoms with Crippen molar-refractivity contribution in [3.8, 4) is 0 Å². The molecule has 24 heavy (non-hydrogen) atoms. The van der Waals surface area contributed by atoms with Gasteiger partial charge in [0.15, 0.2) is 0 Å². The highest BCUT2D eigenvalue weighted by molar-refractivity contribution is 5.78. The Labute approximate surface area is 146 Å². The van der Waals surface area contributed by atoms with Crippen molar-refractivity contribution in [2.45, 2.75) is 46.1 Å².